The lowest BCUT2D eigenvalue weighted by Crippen LogP contribution is -1.94. The molecule has 1 aromatic carbocycles. The summed E-state index contributed by atoms with van der Waals surface area (Å²) in [5.41, 5.74) is 1.08. The molecule has 0 fully saturated rings. The van der Waals surface area contributed by atoms with Crippen molar-refractivity contribution >= 4 is 20.6 Å². The van der Waals surface area contributed by atoms with E-state index in [4.69, 9.17) is 5.11 Å². The molecule has 1 aromatic rings. The van der Waals surface area contributed by atoms with E-state index in [0.717, 1.165) is 5.56 Å². The van der Waals surface area contributed by atoms with Gasteiger partial charge in [-0.2, -0.15) is 0 Å². The van der Waals surface area contributed by atoms with Crippen molar-refractivity contribution in [3.63, 3.8) is 0 Å². The second-order valence-corrected chi connectivity index (χ2v) is 5.84. The molecule has 0 saturated carbocycles. The zero-order chi connectivity index (χ0) is 9.52. The van der Waals surface area contributed by atoms with Gasteiger partial charge in [0.05, 0.1) is 22.2 Å². The molecule has 0 aromatic heterocycles. The standard InChI is InChI=1S/C9H12O2S2/c10-6-7-12-13(11)8-9-4-2-1-3-5-9/h1-5,10H,6-8H2/t13-/m0/s1. The van der Waals surface area contributed by atoms with Crippen molar-refractivity contribution in [3.05, 3.63) is 35.9 Å². The van der Waals surface area contributed by atoms with Gasteiger partial charge in [0.15, 0.2) is 0 Å². The molecule has 0 amide bonds. The van der Waals surface area contributed by atoms with E-state index in [2.05, 4.69) is 0 Å². The Bertz CT molecular complexity index is 262. The molecule has 0 saturated heterocycles. The smallest absolute Gasteiger partial charge is 0.0849 e. The van der Waals surface area contributed by atoms with E-state index in [1.807, 2.05) is 30.3 Å². The molecule has 0 aliphatic rings. The largest absolute Gasteiger partial charge is 0.395 e. The van der Waals surface area contributed by atoms with Crippen LogP contribution in [0.1, 0.15) is 5.56 Å². The van der Waals surface area contributed by atoms with Crippen molar-refractivity contribution in [2.45, 2.75) is 5.75 Å². The summed E-state index contributed by atoms with van der Waals surface area (Å²) in [6.45, 7) is 0.0885. The van der Waals surface area contributed by atoms with Crippen LogP contribution in [0.25, 0.3) is 0 Å². The predicted octanol–water partition coefficient (Wildman–Crippen LogP) is 1.58. The van der Waals surface area contributed by atoms with E-state index < -0.39 is 9.83 Å². The predicted molar refractivity (Wildman–Crippen MR) is 57.8 cm³/mol. The second-order valence-electron chi connectivity index (χ2n) is 2.48. The molecule has 0 spiro atoms. The molecule has 2 nitrogen and oxygen atoms in total. The summed E-state index contributed by atoms with van der Waals surface area (Å²) >= 11 is 0. The monoisotopic (exact) mass is 216 g/mol. The third-order valence-electron chi connectivity index (χ3n) is 1.43. The fourth-order valence-corrected chi connectivity index (χ4v) is 3.13. The van der Waals surface area contributed by atoms with Crippen molar-refractivity contribution in [2.75, 3.05) is 12.4 Å². The highest BCUT2D eigenvalue weighted by molar-refractivity contribution is 8.68. The lowest BCUT2D eigenvalue weighted by Gasteiger charge is -1.99. The van der Waals surface area contributed by atoms with E-state index in [-0.39, 0.29) is 6.61 Å². The quantitative estimate of drug-likeness (QED) is 0.759. The topological polar surface area (TPSA) is 37.3 Å². The third-order valence-corrected chi connectivity index (χ3v) is 4.26. The molecule has 1 rings (SSSR count). The highest BCUT2D eigenvalue weighted by Crippen LogP contribution is 2.12. The molecule has 72 valence electrons. The Balaban J connectivity index is 2.37. The van der Waals surface area contributed by atoms with Crippen molar-refractivity contribution in [2.24, 2.45) is 0 Å². The molecule has 0 bridgehead atoms. The van der Waals surface area contributed by atoms with Gasteiger partial charge in [0, 0.05) is 5.75 Å². The number of hydrogen-bond donors (Lipinski definition) is 1. The Hall–Kier alpha value is -0.320. The summed E-state index contributed by atoms with van der Waals surface area (Å²) in [5.74, 6) is 1.10. The van der Waals surface area contributed by atoms with Gasteiger partial charge >= 0.3 is 0 Å². The maximum atomic E-state index is 11.3. The Morgan fingerprint density at radius 2 is 2.00 bits per heavy atom. The molecule has 0 unspecified atom stereocenters. The Morgan fingerprint density at radius 3 is 2.62 bits per heavy atom. The molecule has 4 heteroatoms. The van der Waals surface area contributed by atoms with Crippen molar-refractivity contribution in [1.29, 1.82) is 0 Å². The molecule has 0 radical (unpaired) electrons. The summed E-state index contributed by atoms with van der Waals surface area (Å²) in [6, 6.07) is 9.72. The van der Waals surface area contributed by atoms with Crippen LogP contribution in [0.4, 0.5) is 0 Å². The number of hydrogen-bond acceptors (Lipinski definition) is 3. The molecule has 13 heavy (non-hydrogen) atoms. The van der Waals surface area contributed by atoms with E-state index in [1.165, 1.54) is 10.8 Å². The summed E-state index contributed by atoms with van der Waals surface area (Å²) in [6.07, 6.45) is 0. The average Bonchev–Trinajstić information content (AvgIpc) is 2.16. The number of aliphatic hydroxyl groups excluding tert-OH is 1. The van der Waals surface area contributed by atoms with E-state index in [1.54, 1.807) is 0 Å². The number of rotatable bonds is 5. The Morgan fingerprint density at radius 1 is 1.31 bits per heavy atom. The second kappa shape index (κ2) is 6.18. The lowest BCUT2D eigenvalue weighted by molar-refractivity contribution is 0.323. The molecule has 1 N–H and O–H groups in total. The van der Waals surface area contributed by atoms with Gasteiger partial charge in [-0.15, -0.1) is 0 Å². The van der Waals surface area contributed by atoms with Gasteiger partial charge in [-0.05, 0) is 5.56 Å². The minimum atomic E-state index is -0.914. The molecule has 0 aliphatic heterocycles. The van der Waals surface area contributed by atoms with Crippen molar-refractivity contribution in [1.82, 2.24) is 0 Å². The van der Waals surface area contributed by atoms with Gasteiger partial charge in [0.2, 0.25) is 0 Å². The summed E-state index contributed by atoms with van der Waals surface area (Å²) < 4.78 is 11.3. The first-order chi connectivity index (χ1) is 6.33. The van der Waals surface area contributed by atoms with Crippen LogP contribution in [0.2, 0.25) is 0 Å². The maximum Gasteiger partial charge on any atom is 0.0849 e. The van der Waals surface area contributed by atoms with Gasteiger partial charge in [-0.1, -0.05) is 41.1 Å². The van der Waals surface area contributed by atoms with E-state index in [0.29, 0.717) is 11.5 Å². The van der Waals surface area contributed by atoms with Crippen LogP contribution in [0.3, 0.4) is 0 Å². The number of benzene rings is 1. The van der Waals surface area contributed by atoms with Crippen LogP contribution in [0.5, 0.6) is 0 Å². The Labute approximate surface area is 84.2 Å². The van der Waals surface area contributed by atoms with Crippen LogP contribution in [-0.2, 0) is 15.6 Å². The van der Waals surface area contributed by atoms with E-state index >= 15 is 0 Å². The SMILES string of the molecule is O=[S@](Cc1ccccc1)SCCO. The molecular weight excluding hydrogens is 204 g/mol. The zero-order valence-electron chi connectivity index (χ0n) is 7.18. The Kier molecular flexibility index (Phi) is 5.12. The molecule has 0 heterocycles. The van der Waals surface area contributed by atoms with Crippen molar-refractivity contribution < 1.29 is 9.32 Å². The van der Waals surface area contributed by atoms with Gasteiger partial charge in [0.1, 0.15) is 0 Å². The normalized spacial score (nSPS) is 12.7. The van der Waals surface area contributed by atoms with Gasteiger partial charge in [-0.3, -0.25) is 0 Å². The highest BCUT2D eigenvalue weighted by atomic mass is 33.1. The van der Waals surface area contributed by atoms with Crippen LogP contribution >= 0.6 is 10.8 Å². The van der Waals surface area contributed by atoms with Crippen LogP contribution < -0.4 is 0 Å². The number of aliphatic hydroxyl groups is 1. The van der Waals surface area contributed by atoms with Crippen LogP contribution in [-0.4, -0.2) is 21.7 Å². The first-order valence-electron chi connectivity index (χ1n) is 3.99. The highest BCUT2D eigenvalue weighted by Gasteiger charge is 2.00. The third kappa shape index (κ3) is 4.45. The molecule has 1 atom stereocenters. The minimum absolute atomic E-state index is 0.0885. The van der Waals surface area contributed by atoms with Gasteiger partial charge < -0.3 is 5.11 Å². The average molecular weight is 216 g/mol. The lowest BCUT2D eigenvalue weighted by atomic mass is 10.2. The fraction of sp³-hybridized carbons (Fsp3) is 0.333. The van der Waals surface area contributed by atoms with Gasteiger partial charge in [0.25, 0.3) is 0 Å². The summed E-state index contributed by atoms with van der Waals surface area (Å²) in [5, 5.41) is 8.53. The first-order valence-corrected chi connectivity index (χ1v) is 6.81. The van der Waals surface area contributed by atoms with Crippen molar-refractivity contribution in [3.8, 4) is 0 Å². The first kappa shape index (κ1) is 10.8. The summed E-state index contributed by atoms with van der Waals surface area (Å²) in [4.78, 5) is 0. The maximum absolute atomic E-state index is 11.3. The fourth-order valence-electron chi connectivity index (χ4n) is 0.882. The van der Waals surface area contributed by atoms with Crippen LogP contribution in [0, 0.1) is 0 Å². The van der Waals surface area contributed by atoms with Gasteiger partial charge in [-0.25, -0.2) is 4.21 Å². The summed E-state index contributed by atoms with van der Waals surface area (Å²) in [7, 11) is 0.379. The molecule has 0 aliphatic carbocycles. The molecular formula is C9H12O2S2. The minimum Gasteiger partial charge on any atom is -0.395 e. The van der Waals surface area contributed by atoms with E-state index in [9.17, 15) is 4.21 Å². The zero-order valence-corrected chi connectivity index (χ0v) is 8.81. The van der Waals surface area contributed by atoms with Crippen LogP contribution in [0.15, 0.2) is 30.3 Å².